The number of pyridine rings is 1. The van der Waals surface area contributed by atoms with Crippen molar-refractivity contribution in [1.29, 1.82) is 0 Å². The summed E-state index contributed by atoms with van der Waals surface area (Å²) in [6.07, 6.45) is 2.19. The summed E-state index contributed by atoms with van der Waals surface area (Å²) in [5.74, 6) is 0. The first-order chi connectivity index (χ1) is 6.11. The van der Waals surface area contributed by atoms with Crippen LogP contribution in [0.1, 0.15) is 24.6 Å². The lowest BCUT2D eigenvalue weighted by molar-refractivity contribution is 0.681. The minimum absolute atomic E-state index is 0.0731. The van der Waals surface area contributed by atoms with Crippen molar-refractivity contribution in [2.45, 2.75) is 25.8 Å². The second-order valence-corrected chi connectivity index (χ2v) is 4.59. The molecule has 0 atom stereocenters. The molecule has 0 N–H and O–H groups in total. The topological polar surface area (TPSA) is 22.0 Å². The molecule has 1 aliphatic rings. The quantitative estimate of drug-likeness (QED) is 0.763. The third-order valence-corrected chi connectivity index (χ3v) is 3.46. The summed E-state index contributed by atoms with van der Waals surface area (Å²) in [6, 6.07) is 2.28. The van der Waals surface area contributed by atoms with Crippen molar-refractivity contribution in [3.8, 4) is 0 Å². The van der Waals surface area contributed by atoms with Crippen LogP contribution in [0.5, 0.6) is 0 Å². The van der Waals surface area contributed by atoms with Crippen molar-refractivity contribution >= 4 is 27.5 Å². The number of aryl methyl sites for hydroxylation is 1. The van der Waals surface area contributed by atoms with Crippen LogP contribution in [0.15, 0.2) is 15.3 Å². The van der Waals surface area contributed by atoms with Crippen molar-refractivity contribution < 1.29 is 0 Å². The van der Waals surface area contributed by atoms with E-state index in [0.29, 0.717) is 10.5 Å². The Balaban J connectivity index is 2.67. The summed E-state index contributed by atoms with van der Waals surface area (Å²) in [7, 11) is 0. The number of nitrogens with zero attached hydrogens (tertiary/aromatic N) is 1. The van der Waals surface area contributed by atoms with Crippen LogP contribution >= 0.6 is 27.5 Å². The molecule has 0 radical (unpaired) electrons. The number of halogens is 2. The standard InChI is InChI=1S/C9H9BrClNO/c1-5-4-7(10)8(11)9(13)12(5)6-2-3-6/h4,6H,2-3H2,1H3. The van der Waals surface area contributed by atoms with Gasteiger partial charge in [-0.1, -0.05) is 11.6 Å². The fourth-order valence-corrected chi connectivity index (χ4v) is 2.12. The monoisotopic (exact) mass is 261 g/mol. The smallest absolute Gasteiger partial charge is 0.270 e. The highest BCUT2D eigenvalue weighted by Gasteiger charge is 2.26. The van der Waals surface area contributed by atoms with Gasteiger partial charge in [0.1, 0.15) is 5.02 Å². The van der Waals surface area contributed by atoms with Gasteiger partial charge in [0.2, 0.25) is 0 Å². The van der Waals surface area contributed by atoms with E-state index in [2.05, 4.69) is 15.9 Å². The summed E-state index contributed by atoms with van der Waals surface area (Å²) in [5.41, 5.74) is 0.903. The Bertz CT molecular complexity index is 409. The van der Waals surface area contributed by atoms with E-state index >= 15 is 0 Å². The molecule has 1 fully saturated rings. The third kappa shape index (κ3) is 1.55. The second-order valence-electron chi connectivity index (χ2n) is 3.35. The van der Waals surface area contributed by atoms with Crippen molar-refractivity contribution in [3.05, 3.63) is 31.6 Å². The lowest BCUT2D eigenvalue weighted by Crippen LogP contribution is -2.21. The zero-order valence-corrected chi connectivity index (χ0v) is 9.52. The molecular weight excluding hydrogens is 253 g/mol. The highest BCUT2D eigenvalue weighted by atomic mass is 79.9. The predicted octanol–water partition coefficient (Wildman–Crippen LogP) is 2.91. The van der Waals surface area contributed by atoms with Crippen LogP contribution in [0.2, 0.25) is 5.02 Å². The number of hydrogen-bond donors (Lipinski definition) is 0. The van der Waals surface area contributed by atoms with Crippen LogP contribution in [0, 0.1) is 6.92 Å². The van der Waals surface area contributed by atoms with Gasteiger partial charge in [0.15, 0.2) is 0 Å². The Kier molecular flexibility index (Phi) is 2.24. The van der Waals surface area contributed by atoms with Gasteiger partial charge in [-0.25, -0.2) is 0 Å². The van der Waals surface area contributed by atoms with Crippen molar-refractivity contribution in [1.82, 2.24) is 4.57 Å². The van der Waals surface area contributed by atoms with Gasteiger partial charge in [-0.2, -0.15) is 0 Å². The number of rotatable bonds is 1. The lowest BCUT2D eigenvalue weighted by Gasteiger charge is -2.09. The van der Waals surface area contributed by atoms with Crippen LogP contribution in [-0.4, -0.2) is 4.57 Å². The molecule has 13 heavy (non-hydrogen) atoms. The Hall–Kier alpha value is -0.280. The van der Waals surface area contributed by atoms with E-state index in [1.54, 1.807) is 4.57 Å². The Morgan fingerprint density at radius 1 is 1.62 bits per heavy atom. The average Bonchev–Trinajstić information content (AvgIpc) is 2.84. The summed E-state index contributed by atoms with van der Waals surface area (Å²) in [5, 5.41) is 0.289. The Morgan fingerprint density at radius 2 is 2.23 bits per heavy atom. The van der Waals surface area contributed by atoms with E-state index in [1.807, 2.05) is 13.0 Å². The van der Waals surface area contributed by atoms with Gasteiger partial charge in [0, 0.05) is 16.2 Å². The van der Waals surface area contributed by atoms with Crippen LogP contribution in [0.25, 0.3) is 0 Å². The zero-order chi connectivity index (χ0) is 9.59. The van der Waals surface area contributed by atoms with E-state index in [4.69, 9.17) is 11.6 Å². The summed E-state index contributed by atoms with van der Waals surface area (Å²) >= 11 is 9.10. The second kappa shape index (κ2) is 3.14. The molecule has 0 aromatic carbocycles. The molecule has 0 bridgehead atoms. The molecule has 0 amide bonds. The maximum absolute atomic E-state index is 11.7. The van der Waals surface area contributed by atoms with Gasteiger partial charge in [-0.15, -0.1) is 0 Å². The number of aromatic nitrogens is 1. The molecule has 0 saturated heterocycles. The molecule has 4 heteroatoms. The molecule has 1 saturated carbocycles. The highest BCUT2D eigenvalue weighted by Crippen LogP contribution is 2.35. The average molecular weight is 263 g/mol. The van der Waals surface area contributed by atoms with Gasteiger partial charge in [0.25, 0.3) is 5.56 Å². The molecule has 0 spiro atoms. The molecule has 70 valence electrons. The summed E-state index contributed by atoms with van der Waals surface area (Å²) in [4.78, 5) is 11.7. The largest absolute Gasteiger partial charge is 0.309 e. The van der Waals surface area contributed by atoms with Gasteiger partial charge in [-0.3, -0.25) is 4.79 Å². The molecular formula is C9H9BrClNO. The van der Waals surface area contributed by atoms with Crippen LogP contribution < -0.4 is 5.56 Å². The molecule has 0 aliphatic heterocycles. The molecule has 0 unspecified atom stereocenters. The van der Waals surface area contributed by atoms with Gasteiger partial charge in [0.05, 0.1) is 0 Å². The Morgan fingerprint density at radius 3 is 2.77 bits per heavy atom. The zero-order valence-electron chi connectivity index (χ0n) is 7.18. The summed E-state index contributed by atoms with van der Waals surface area (Å²) < 4.78 is 2.47. The van der Waals surface area contributed by atoms with Gasteiger partial charge < -0.3 is 4.57 Å². The highest BCUT2D eigenvalue weighted by molar-refractivity contribution is 9.10. The molecule has 2 rings (SSSR count). The fraction of sp³-hybridized carbons (Fsp3) is 0.444. The van der Waals surface area contributed by atoms with E-state index < -0.39 is 0 Å². The first kappa shape index (κ1) is 9.28. The number of hydrogen-bond acceptors (Lipinski definition) is 1. The minimum Gasteiger partial charge on any atom is -0.309 e. The van der Waals surface area contributed by atoms with E-state index in [9.17, 15) is 4.79 Å². The van der Waals surface area contributed by atoms with Crippen LogP contribution in [0.4, 0.5) is 0 Å². The SMILES string of the molecule is Cc1cc(Br)c(Cl)c(=O)n1C1CC1. The first-order valence-corrected chi connectivity index (χ1v) is 5.35. The van der Waals surface area contributed by atoms with Crippen LogP contribution in [-0.2, 0) is 0 Å². The van der Waals surface area contributed by atoms with Crippen molar-refractivity contribution in [2.24, 2.45) is 0 Å². The molecule has 1 heterocycles. The van der Waals surface area contributed by atoms with Gasteiger partial charge in [-0.05, 0) is 41.8 Å². The van der Waals surface area contributed by atoms with E-state index in [1.165, 1.54) is 0 Å². The fourth-order valence-electron chi connectivity index (χ4n) is 1.47. The van der Waals surface area contributed by atoms with E-state index in [-0.39, 0.29) is 10.6 Å². The predicted molar refractivity (Wildman–Crippen MR) is 56.4 cm³/mol. The molecule has 1 aliphatic carbocycles. The molecule has 1 aromatic heterocycles. The van der Waals surface area contributed by atoms with Crippen LogP contribution in [0.3, 0.4) is 0 Å². The molecule has 2 nitrogen and oxygen atoms in total. The Labute approximate surface area is 89.6 Å². The maximum Gasteiger partial charge on any atom is 0.270 e. The minimum atomic E-state index is -0.0731. The normalized spacial score (nSPS) is 16.2. The van der Waals surface area contributed by atoms with Crippen molar-refractivity contribution in [3.63, 3.8) is 0 Å². The molecule has 1 aromatic rings. The lowest BCUT2D eigenvalue weighted by atomic mass is 10.3. The third-order valence-electron chi connectivity index (χ3n) is 2.24. The van der Waals surface area contributed by atoms with Gasteiger partial charge >= 0.3 is 0 Å². The van der Waals surface area contributed by atoms with E-state index in [0.717, 1.165) is 18.5 Å². The maximum atomic E-state index is 11.7. The first-order valence-electron chi connectivity index (χ1n) is 4.18. The van der Waals surface area contributed by atoms with Crippen molar-refractivity contribution in [2.75, 3.05) is 0 Å². The summed E-state index contributed by atoms with van der Waals surface area (Å²) in [6.45, 7) is 1.93.